The van der Waals surface area contributed by atoms with E-state index in [9.17, 15) is 24.9 Å². The highest BCUT2D eigenvalue weighted by Crippen LogP contribution is 2.31. The van der Waals surface area contributed by atoms with Crippen molar-refractivity contribution in [1.82, 2.24) is 23.9 Å². The third-order valence-corrected chi connectivity index (χ3v) is 4.29. The summed E-state index contributed by atoms with van der Waals surface area (Å²) in [7, 11) is 0. The fourth-order valence-electron chi connectivity index (χ4n) is 2.98. The van der Waals surface area contributed by atoms with Gasteiger partial charge in [-0.05, 0) is 0 Å². The van der Waals surface area contributed by atoms with Gasteiger partial charge >= 0.3 is 5.97 Å². The van der Waals surface area contributed by atoms with Crippen molar-refractivity contribution < 1.29 is 34.8 Å². The minimum atomic E-state index is -1.62. The number of aromatic nitrogens is 5. The van der Waals surface area contributed by atoms with Crippen molar-refractivity contribution in [3.8, 4) is 0 Å². The zero-order chi connectivity index (χ0) is 18.6. The van der Waals surface area contributed by atoms with Crippen molar-refractivity contribution in [3.63, 3.8) is 0 Å². The summed E-state index contributed by atoms with van der Waals surface area (Å²) in [4.78, 5) is 34.9. The van der Waals surface area contributed by atoms with Crippen LogP contribution >= 0.6 is 0 Å². The lowest BCUT2D eigenvalue weighted by Crippen LogP contribution is -2.33. The van der Waals surface area contributed by atoms with Crippen molar-refractivity contribution in [2.24, 2.45) is 0 Å². The molecule has 0 aromatic carbocycles. The number of hydrogen-bond donors (Lipinski definition) is 4. The van der Waals surface area contributed by atoms with Gasteiger partial charge in [0.15, 0.2) is 23.0 Å². The number of carbonyl (C=O) groups excluding carboxylic acids is 1. The number of nitrogens with zero attached hydrogens (tertiary/aromatic N) is 5. The van der Waals surface area contributed by atoms with Crippen LogP contribution in [-0.2, 0) is 9.53 Å². The monoisotopic (exact) mass is 363 g/mol. The number of carbonyl (C=O) groups is 2. The lowest BCUT2D eigenvalue weighted by Gasteiger charge is -2.16. The molecule has 12 nitrogen and oxygen atoms in total. The van der Waals surface area contributed by atoms with Gasteiger partial charge in [0.2, 0.25) is 0 Å². The van der Waals surface area contributed by atoms with Crippen LogP contribution in [0.3, 0.4) is 0 Å². The summed E-state index contributed by atoms with van der Waals surface area (Å²) in [6.45, 7) is -0.472. The largest absolute Gasteiger partial charge is 0.475 e. The number of fused-ring (bicyclic) bond motifs is 3. The molecule has 0 aliphatic carbocycles. The molecule has 4 heterocycles. The summed E-state index contributed by atoms with van der Waals surface area (Å²) in [5.74, 6) is -2.76. The predicted octanol–water partition coefficient (Wildman–Crippen LogP) is -2.04. The maximum Gasteiger partial charge on any atom is 0.378 e. The molecule has 0 bridgehead atoms. The highest BCUT2D eigenvalue weighted by Gasteiger charge is 2.44. The predicted molar refractivity (Wildman–Crippen MR) is 81.3 cm³/mol. The van der Waals surface area contributed by atoms with Gasteiger partial charge in [-0.2, -0.15) is 0 Å². The van der Waals surface area contributed by atoms with Crippen LogP contribution in [0.25, 0.3) is 16.8 Å². The van der Waals surface area contributed by atoms with Crippen LogP contribution in [-0.4, -0.2) is 81.0 Å². The summed E-state index contributed by atoms with van der Waals surface area (Å²) in [6.07, 6.45) is -0.951. The molecule has 4 atom stereocenters. The van der Waals surface area contributed by atoms with E-state index in [1.807, 2.05) is 0 Å². The van der Waals surface area contributed by atoms with E-state index in [-0.39, 0.29) is 22.5 Å². The number of aliphatic carboxylic acids is 1. The molecule has 0 spiro atoms. The van der Waals surface area contributed by atoms with E-state index < -0.39 is 42.9 Å². The summed E-state index contributed by atoms with van der Waals surface area (Å²) in [5, 5.41) is 38.1. The molecule has 0 saturated carbocycles. The van der Waals surface area contributed by atoms with Gasteiger partial charge in [0, 0.05) is 0 Å². The molecule has 26 heavy (non-hydrogen) atoms. The van der Waals surface area contributed by atoms with E-state index in [2.05, 4.69) is 15.0 Å². The van der Waals surface area contributed by atoms with Gasteiger partial charge in [0.1, 0.15) is 30.3 Å². The van der Waals surface area contributed by atoms with Crippen molar-refractivity contribution in [3.05, 3.63) is 24.5 Å². The van der Waals surface area contributed by atoms with Crippen LogP contribution in [0.15, 0.2) is 18.9 Å². The van der Waals surface area contributed by atoms with E-state index >= 15 is 0 Å². The summed E-state index contributed by atoms with van der Waals surface area (Å²) < 4.78 is 8.02. The van der Waals surface area contributed by atoms with Crippen LogP contribution < -0.4 is 0 Å². The minimum Gasteiger partial charge on any atom is -0.475 e. The normalized spacial score (nSPS) is 26.0. The minimum absolute atomic E-state index is 0.177. The van der Waals surface area contributed by atoms with Gasteiger partial charge in [-0.15, -0.1) is 0 Å². The molecule has 3 aromatic heterocycles. The molecule has 0 unspecified atom stereocenters. The topological polar surface area (TPSA) is 172 Å². The number of ether oxygens (including phenoxy) is 1. The van der Waals surface area contributed by atoms with Crippen LogP contribution in [0, 0.1) is 0 Å². The number of hydrogen-bond acceptors (Lipinski definition) is 9. The Labute approximate surface area is 143 Å². The zero-order valence-corrected chi connectivity index (χ0v) is 13.0. The van der Waals surface area contributed by atoms with Gasteiger partial charge < -0.3 is 25.2 Å². The highest BCUT2D eigenvalue weighted by molar-refractivity contribution is 6.39. The Bertz CT molecular complexity index is 1030. The van der Waals surface area contributed by atoms with Gasteiger partial charge in [-0.3, -0.25) is 13.8 Å². The van der Waals surface area contributed by atoms with E-state index in [1.54, 1.807) is 0 Å². The molecule has 0 amide bonds. The number of aliphatic hydroxyl groups excluding tert-OH is 3. The molecule has 1 saturated heterocycles. The molecule has 1 aliphatic heterocycles. The lowest BCUT2D eigenvalue weighted by molar-refractivity contribution is -0.131. The van der Waals surface area contributed by atoms with Gasteiger partial charge in [0.05, 0.1) is 19.1 Å². The zero-order valence-electron chi connectivity index (χ0n) is 13.0. The van der Waals surface area contributed by atoms with E-state index in [1.165, 1.54) is 21.6 Å². The van der Waals surface area contributed by atoms with Crippen molar-refractivity contribution in [2.75, 3.05) is 6.61 Å². The third kappa shape index (κ3) is 2.20. The van der Waals surface area contributed by atoms with Crippen molar-refractivity contribution in [1.29, 1.82) is 0 Å². The average molecular weight is 363 g/mol. The molecule has 0 radical (unpaired) electrons. The Morgan fingerprint density at radius 2 is 1.88 bits per heavy atom. The Morgan fingerprint density at radius 1 is 1.12 bits per heavy atom. The second-order valence-electron chi connectivity index (χ2n) is 5.77. The van der Waals surface area contributed by atoms with Crippen LogP contribution in [0.4, 0.5) is 0 Å². The summed E-state index contributed by atoms with van der Waals surface area (Å²) >= 11 is 0. The van der Waals surface area contributed by atoms with Crippen molar-refractivity contribution in [2.45, 2.75) is 24.5 Å². The molecule has 4 rings (SSSR count). The fourth-order valence-corrected chi connectivity index (χ4v) is 2.98. The van der Waals surface area contributed by atoms with E-state index in [4.69, 9.17) is 9.84 Å². The number of ketones is 1. The number of rotatable bonds is 4. The van der Waals surface area contributed by atoms with E-state index in [0.717, 1.165) is 6.20 Å². The lowest BCUT2D eigenvalue weighted by atomic mass is 10.1. The first-order valence-corrected chi connectivity index (χ1v) is 7.52. The quantitative estimate of drug-likeness (QED) is 0.299. The first-order valence-electron chi connectivity index (χ1n) is 7.52. The SMILES string of the molecule is O=C(O)C(=O)c1cnc2c3ncn([C@@H]4O[C@H](CO)[C@@H](O)[C@H]4O)c3ncn12. The summed E-state index contributed by atoms with van der Waals surface area (Å²) in [5.41, 5.74) is 0.511. The molecule has 1 fully saturated rings. The number of Topliss-reactive ketones (excluding diaryl/α,β-unsaturated/α-hetero) is 1. The van der Waals surface area contributed by atoms with E-state index in [0.29, 0.717) is 0 Å². The average Bonchev–Trinajstić information content (AvgIpc) is 3.30. The van der Waals surface area contributed by atoms with Crippen LogP contribution in [0.2, 0.25) is 0 Å². The Morgan fingerprint density at radius 3 is 2.54 bits per heavy atom. The Kier molecular flexibility index (Phi) is 3.69. The van der Waals surface area contributed by atoms with Gasteiger partial charge in [-0.25, -0.2) is 19.7 Å². The Hall–Kier alpha value is -2.93. The molecule has 4 N–H and O–H groups in total. The highest BCUT2D eigenvalue weighted by atomic mass is 16.6. The standard InChI is InChI=1S/C14H13N5O7/c20-2-6-9(22)10(23)13(26-6)19-3-16-7-11-15-1-5(8(21)14(24)25)18(11)4-17-12(7)19/h1,3-4,6,9-10,13,20,22-23H,2H2,(H,24,25)/t6-,9-,10-,13-/m1/s1. The van der Waals surface area contributed by atoms with Crippen LogP contribution in [0.5, 0.6) is 0 Å². The summed E-state index contributed by atoms with van der Waals surface area (Å²) in [6, 6.07) is 0. The number of carboxylic acids is 1. The smallest absolute Gasteiger partial charge is 0.378 e. The third-order valence-electron chi connectivity index (χ3n) is 4.29. The number of carboxylic acid groups (broad SMARTS) is 1. The molecule has 136 valence electrons. The maximum atomic E-state index is 11.7. The maximum absolute atomic E-state index is 11.7. The Balaban J connectivity index is 1.82. The number of imidazole rings is 2. The molecule has 3 aromatic rings. The van der Waals surface area contributed by atoms with Gasteiger partial charge in [0.25, 0.3) is 5.78 Å². The second-order valence-corrected chi connectivity index (χ2v) is 5.77. The van der Waals surface area contributed by atoms with Gasteiger partial charge in [-0.1, -0.05) is 0 Å². The van der Waals surface area contributed by atoms with Crippen molar-refractivity contribution >= 4 is 28.6 Å². The second kappa shape index (κ2) is 5.81. The molecule has 1 aliphatic rings. The molecular formula is C14H13N5O7. The number of aliphatic hydroxyl groups is 3. The first-order chi connectivity index (χ1) is 12.4. The van der Waals surface area contributed by atoms with Crippen LogP contribution in [0.1, 0.15) is 16.7 Å². The molecule has 12 heteroatoms. The first kappa shape index (κ1) is 16.5. The fraction of sp³-hybridized carbons (Fsp3) is 0.357. The molecular weight excluding hydrogens is 350 g/mol.